The maximum atomic E-state index is 13.5. The summed E-state index contributed by atoms with van der Waals surface area (Å²) in [5.41, 5.74) is 0.299. The molecule has 0 aromatic heterocycles. The molecular weight excluding hydrogens is 359 g/mol. The number of carbonyl (C=O) groups is 2. The molecule has 1 fully saturated rings. The Balaban J connectivity index is 2.40. The molecule has 1 heterocycles. The first-order valence-corrected chi connectivity index (χ1v) is 7.09. The van der Waals surface area contributed by atoms with Gasteiger partial charge in [-0.3, -0.25) is 19.8 Å². The molecular formula is C14H10BrFN2O2S. The standard InChI is InChI=1S/C14H10BrFN2O2S/c1-2-5-18-13(20)9(12(19)17-14(18)21)6-8-3-4-10(15)11(16)7-8/h2-4,6-7H,1,5H2,(H,17,19,21)/b9-6+. The van der Waals surface area contributed by atoms with Crippen molar-refractivity contribution in [3.05, 3.63) is 52.3 Å². The summed E-state index contributed by atoms with van der Waals surface area (Å²) in [6.45, 7) is 3.72. The molecule has 0 unspecified atom stereocenters. The van der Waals surface area contributed by atoms with E-state index in [2.05, 4.69) is 27.8 Å². The number of hydrogen-bond donors (Lipinski definition) is 1. The van der Waals surface area contributed by atoms with Gasteiger partial charge in [-0.15, -0.1) is 6.58 Å². The number of nitrogens with one attached hydrogen (secondary N) is 1. The molecule has 1 N–H and O–H groups in total. The predicted molar refractivity (Wildman–Crippen MR) is 84.7 cm³/mol. The van der Waals surface area contributed by atoms with Crippen LogP contribution in [0.15, 0.2) is 40.9 Å². The number of hydrogen-bond acceptors (Lipinski definition) is 3. The normalized spacial score (nSPS) is 17.1. The molecule has 1 aromatic rings. The van der Waals surface area contributed by atoms with Gasteiger partial charge in [0.05, 0.1) is 4.47 Å². The Hall–Kier alpha value is -1.86. The lowest BCUT2D eigenvalue weighted by molar-refractivity contribution is -0.128. The highest BCUT2D eigenvalue weighted by Crippen LogP contribution is 2.20. The first kappa shape index (κ1) is 15.5. The molecule has 0 aliphatic carbocycles. The lowest BCUT2D eigenvalue weighted by atomic mass is 10.1. The van der Waals surface area contributed by atoms with Crippen LogP contribution in [0, 0.1) is 5.82 Å². The van der Waals surface area contributed by atoms with E-state index in [1.54, 1.807) is 6.07 Å². The second kappa shape index (κ2) is 6.28. The first-order chi connectivity index (χ1) is 9.93. The van der Waals surface area contributed by atoms with Crippen molar-refractivity contribution in [3.8, 4) is 0 Å². The van der Waals surface area contributed by atoms with Crippen LogP contribution in [0.25, 0.3) is 6.08 Å². The second-order valence-corrected chi connectivity index (χ2v) is 5.44. The van der Waals surface area contributed by atoms with Gasteiger partial charge in [0.1, 0.15) is 11.4 Å². The fourth-order valence-electron chi connectivity index (χ4n) is 1.76. The summed E-state index contributed by atoms with van der Waals surface area (Å²) in [4.78, 5) is 25.3. The van der Waals surface area contributed by atoms with Crippen LogP contribution in [0.5, 0.6) is 0 Å². The SMILES string of the molecule is C=CCN1C(=O)/C(=C/c2ccc(Br)c(F)c2)C(=O)NC1=S. The van der Waals surface area contributed by atoms with Crippen molar-refractivity contribution in [2.75, 3.05) is 6.54 Å². The number of benzene rings is 1. The van der Waals surface area contributed by atoms with Gasteiger partial charge in [-0.1, -0.05) is 12.1 Å². The van der Waals surface area contributed by atoms with Crippen molar-refractivity contribution < 1.29 is 14.0 Å². The molecule has 21 heavy (non-hydrogen) atoms. The lowest BCUT2D eigenvalue weighted by Crippen LogP contribution is -2.53. The quantitative estimate of drug-likeness (QED) is 0.385. The van der Waals surface area contributed by atoms with Crippen molar-refractivity contribution >= 4 is 51.2 Å². The van der Waals surface area contributed by atoms with Crippen molar-refractivity contribution in [1.29, 1.82) is 0 Å². The minimum Gasteiger partial charge on any atom is -0.298 e. The van der Waals surface area contributed by atoms with Gasteiger partial charge in [0.15, 0.2) is 5.11 Å². The van der Waals surface area contributed by atoms with Crippen molar-refractivity contribution in [2.24, 2.45) is 0 Å². The van der Waals surface area contributed by atoms with E-state index >= 15 is 0 Å². The minimum atomic E-state index is -0.603. The van der Waals surface area contributed by atoms with E-state index in [-0.39, 0.29) is 17.2 Å². The van der Waals surface area contributed by atoms with Crippen molar-refractivity contribution in [1.82, 2.24) is 10.2 Å². The van der Waals surface area contributed by atoms with Gasteiger partial charge in [0, 0.05) is 6.54 Å². The zero-order chi connectivity index (χ0) is 15.6. The van der Waals surface area contributed by atoms with Crippen LogP contribution in [0.1, 0.15) is 5.56 Å². The molecule has 0 radical (unpaired) electrons. The van der Waals surface area contributed by atoms with Crippen molar-refractivity contribution in [3.63, 3.8) is 0 Å². The number of rotatable bonds is 3. The Bertz CT molecular complexity index is 688. The van der Waals surface area contributed by atoms with Gasteiger partial charge in [0.25, 0.3) is 11.8 Å². The highest BCUT2D eigenvalue weighted by molar-refractivity contribution is 9.10. The predicted octanol–water partition coefficient (Wildman–Crippen LogP) is 2.40. The lowest BCUT2D eigenvalue weighted by Gasteiger charge is -2.27. The molecule has 2 rings (SSSR count). The van der Waals surface area contributed by atoms with Gasteiger partial charge >= 0.3 is 0 Å². The van der Waals surface area contributed by atoms with Gasteiger partial charge in [0.2, 0.25) is 0 Å². The first-order valence-electron chi connectivity index (χ1n) is 5.89. The Labute approximate surface area is 134 Å². The average Bonchev–Trinajstić information content (AvgIpc) is 2.43. The van der Waals surface area contributed by atoms with E-state index in [1.807, 2.05) is 0 Å². The third-order valence-electron chi connectivity index (χ3n) is 2.75. The molecule has 0 bridgehead atoms. The van der Waals surface area contributed by atoms with Gasteiger partial charge in [-0.25, -0.2) is 4.39 Å². The van der Waals surface area contributed by atoms with Crippen LogP contribution in [0.3, 0.4) is 0 Å². The molecule has 1 aliphatic heterocycles. The number of halogens is 2. The third-order valence-corrected chi connectivity index (χ3v) is 3.72. The molecule has 7 heteroatoms. The van der Waals surface area contributed by atoms with E-state index in [1.165, 1.54) is 29.2 Å². The summed E-state index contributed by atoms with van der Waals surface area (Å²) < 4.78 is 13.8. The fraction of sp³-hybridized carbons (Fsp3) is 0.0714. The minimum absolute atomic E-state index is 0.0315. The highest BCUT2D eigenvalue weighted by Gasteiger charge is 2.32. The Morgan fingerprint density at radius 1 is 1.43 bits per heavy atom. The fourth-order valence-corrected chi connectivity index (χ4v) is 2.25. The Morgan fingerprint density at radius 2 is 2.14 bits per heavy atom. The number of amides is 2. The number of nitrogens with zero attached hydrogens (tertiary/aromatic N) is 1. The smallest absolute Gasteiger partial charge is 0.265 e. The summed E-state index contributed by atoms with van der Waals surface area (Å²) in [6.07, 6.45) is 2.82. The van der Waals surface area contributed by atoms with Crippen molar-refractivity contribution in [2.45, 2.75) is 0 Å². The van der Waals surface area contributed by atoms with E-state index in [9.17, 15) is 14.0 Å². The largest absolute Gasteiger partial charge is 0.298 e. The monoisotopic (exact) mass is 368 g/mol. The second-order valence-electron chi connectivity index (χ2n) is 4.20. The van der Waals surface area contributed by atoms with E-state index in [0.29, 0.717) is 10.0 Å². The van der Waals surface area contributed by atoms with E-state index < -0.39 is 17.6 Å². The van der Waals surface area contributed by atoms with E-state index in [0.717, 1.165) is 0 Å². The van der Waals surface area contributed by atoms with Crippen LogP contribution in [-0.2, 0) is 9.59 Å². The molecule has 108 valence electrons. The van der Waals surface area contributed by atoms with Gasteiger partial charge < -0.3 is 0 Å². The highest BCUT2D eigenvalue weighted by atomic mass is 79.9. The maximum absolute atomic E-state index is 13.5. The molecule has 4 nitrogen and oxygen atoms in total. The van der Waals surface area contributed by atoms with Crippen LogP contribution in [0.4, 0.5) is 4.39 Å². The van der Waals surface area contributed by atoms with Crippen LogP contribution < -0.4 is 5.32 Å². The maximum Gasteiger partial charge on any atom is 0.265 e. The molecule has 2 amide bonds. The molecule has 1 aromatic carbocycles. The Morgan fingerprint density at radius 3 is 2.76 bits per heavy atom. The zero-order valence-electron chi connectivity index (χ0n) is 10.7. The molecule has 0 spiro atoms. The molecule has 1 saturated heterocycles. The molecule has 0 saturated carbocycles. The summed E-state index contributed by atoms with van der Waals surface area (Å²) in [5.74, 6) is -1.62. The molecule has 1 aliphatic rings. The van der Waals surface area contributed by atoms with Crippen LogP contribution in [-0.4, -0.2) is 28.4 Å². The number of thiocarbonyl (C=S) groups is 1. The summed E-state index contributed by atoms with van der Waals surface area (Å²) >= 11 is 7.97. The topological polar surface area (TPSA) is 49.4 Å². The van der Waals surface area contributed by atoms with E-state index in [4.69, 9.17) is 12.2 Å². The van der Waals surface area contributed by atoms with Crippen LogP contribution >= 0.6 is 28.1 Å². The van der Waals surface area contributed by atoms with Gasteiger partial charge in [-0.2, -0.15) is 0 Å². The zero-order valence-corrected chi connectivity index (χ0v) is 13.1. The average molecular weight is 369 g/mol. The van der Waals surface area contributed by atoms with Crippen LogP contribution in [0.2, 0.25) is 0 Å². The number of carbonyl (C=O) groups excluding carboxylic acids is 2. The molecule has 0 atom stereocenters. The third kappa shape index (κ3) is 3.25. The summed E-state index contributed by atoms with van der Waals surface area (Å²) in [5, 5.41) is 2.45. The Kier molecular flexibility index (Phi) is 4.64. The van der Waals surface area contributed by atoms with Gasteiger partial charge in [-0.05, 0) is 51.9 Å². The summed E-state index contributed by atoms with van der Waals surface area (Å²) in [7, 11) is 0. The summed E-state index contributed by atoms with van der Waals surface area (Å²) in [6, 6.07) is 4.31.